The Kier molecular flexibility index (Phi) is 6.01. The van der Waals surface area contributed by atoms with E-state index < -0.39 is 23.8 Å². The molecule has 168 valence electrons. The highest BCUT2D eigenvalue weighted by Crippen LogP contribution is 2.33. The highest BCUT2D eigenvalue weighted by Gasteiger charge is 2.43. The second-order valence-corrected chi connectivity index (χ2v) is 8.63. The number of nitrogens with zero attached hydrogens (tertiary/aromatic N) is 3. The summed E-state index contributed by atoms with van der Waals surface area (Å²) in [6.45, 7) is 2.42. The predicted molar refractivity (Wildman–Crippen MR) is 117 cm³/mol. The Labute approximate surface area is 194 Å². The summed E-state index contributed by atoms with van der Waals surface area (Å²) in [4.78, 5) is 53.3. The van der Waals surface area contributed by atoms with Gasteiger partial charge in [0.05, 0.1) is 28.3 Å². The van der Waals surface area contributed by atoms with Crippen LogP contribution in [0.2, 0.25) is 10.0 Å². The molecule has 1 saturated heterocycles. The van der Waals surface area contributed by atoms with Crippen molar-refractivity contribution in [1.82, 2.24) is 14.4 Å². The number of piperidine rings is 1. The van der Waals surface area contributed by atoms with E-state index >= 15 is 0 Å². The number of likely N-dealkylation sites (tertiary alicyclic amines) is 1. The number of esters is 1. The molecule has 2 aliphatic rings. The topological polar surface area (TPSA) is 88.9 Å². The Hall–Kier alpha value is -2.84. The number of aromatic nitrogens is 1. The van der Waals surface area contributed by atoms with Crippen molar-refractivity contribution in [2.45, 2.75) is 31.8 Å². The minimum absolute atomic E-state index is 0.0436. The molecule has 8 nitrogen and oxygen atoms in total. The molecular formula is C22H21Cl2N3O5. The summed E-state index contributed by atoms with van der Waals surface area (Å²) in [7, 11) is 1.34. The summed E-state index contributed by atoms with van der Waals surface area (Å²) in [5, 5.41) is 0.344. The number of fused-ring (bicyclic) bond motifs is 1. The molecule has 0 radical (unpaired) electrons. The zero-order valence-corrected chi connectivity index (χ0v) is 19.0. The molecule has 0 bridgehead atoms. The molecule has 10 heteroatoms. The van der Waals surface area contributed by atoms with Crippen LogP contribution in [0.15, 0.2) is 30.5 Å². The zero-order valence-electron chi connectivity index (χ0n) is 17.5. The number of imide groups is 1. The van der Waals surface area contributed by atoms with Crippen LogP contribution in [0.25, 0.3) is 0 Å². The number of benzene rings is 1. The Morgan fingerprint density at radius 1 is 1.06 bits per heavy atom. The number of methoxy groups -OCH3 is 1. The molecule has 3 heterocycles. The number of amides is 3. The number of rotatable bonds is 4. The molecule has 0 saturated carbocycles. The summed E-state index contributed by atoms with van der Waals surface area (Å²) in [6.07, 6.45) is 3.08. The summed E-state index contributed by atoms with van der Waals surface area (Å²) in [6, 6.07) is 5.28. The molecule has 4 rings (SSSR count). The van der Waals surface area contributed by atoms with Crippen molar-refractivity contribution in [3.63, 3.8) is 0 Å². The molecule has 1 aromatic carbocycles. The van der Waals surface area contributed by atoms with E-state index in [0.717, 1.165) is 4.90 Å². The van der Waals surface area contributed by atoms with Gasteiger partial charge in [0.15, 0.2) is 0 Å². The quantitative estimate of drug-likeness (QED) is 0.497. The number of halogens is 2. The van der Waals surface area contributed by atoms with Gasteiger partial charge >= 0.3 is 5.97 Å². The van der Waals surface area contributed by atoms with Crippen molar-refractivity contribution in [2.75, 3.05) is 20.2 Å². The van der Waals surface area contributed by atoms with Crippen LogP contribution in [0.3, 0.4) is 0 Å². The van der Waals surface area contributed by atoms with Gasteiger partial charge in [-0.1, -0.05) is 23.2 Å². The minimum Gasteiger partial charge on any atom is -0.464 e. The van der Waals surface area contributed by atoms with Gasteiger partial charge in [-0.2, -0.15) is 0 Å². The van der Waals surface area contributed by atoms with Crippen LogP contribution in [0.1, 0.15) is 57.0 Å². The minimum atomic E-state index is -0.964. The first-order chi connectivity index (χ1) is 15.2. The van der Waals surface area contributed by atoms with Crippen LogP contribution in [0, 0.1) is 0 Å². The second kappa shape index (κ2) is 8.60. The fourth-order valence-electron chi connectivity index (χ4n) is 4.33. The molecule has 1 unspecified atom stereocenters. The van der Waals surface area contributed by atoms with Gasteiger partial charge in [-0.25, -0.2) is 4.79 Å². The third kappa shape index (κ3) is 3.67. The van der Waals surface area contributed by atoms with Gasteiger partial charge in [-0.05, 0) is 44.0 Å². The second-order valence-electron chi connectivity index (χ2n) is 7.82. The molecule has 0 spiro atoms. The van der Waals surface area contributed by atoms with E-state index in [0.29, 0.717) is 31.6 Å². The largest absolute Gasteiger partial charge is 0.464 e. The molecule has 0 N–H and O–H groups in total. The molecule has 1 atom stereocenters. The number of ether oxygens (including phenoxy) is 1. The lowest BCUT2D eigenvalue weighted by Crippen LogP contribution is -2.51. The maximum absolute atomic E-state index is 13.1. The van der Waals surface area contributed by atoms with Crippen molar-refractivity contribution in [3.05, 3.63) is 57.3 Å². The molecule has 0 aliphatic carbocycles. The Bertz CT molecular complexity index is 1080. The average Bonchev–Trinajstić information content (AvgIpc) is 3.37. The van der Waals surface area contributed by atoms with Gasteiger partial charge in [0.25, 0.3) is 11.8 Å². The molecule has 2 aliphatic heterocycles. The number of carbonyl (C=O) groups is 4. The van der Waals surface area contributed by atoms with Gasteiger partial charge in [-0.15, -0.1) is 0 Å². The number of hydrogen-bond acceptors (Lipinski definition) is 5. The highest BCUT2D eigenvalue weighted by molar-refractivity contribution is 6.43. The number of carbonyl (C=O) groups excluding carboxylic acids is 4. The normalized spacial score (nSPS) is 17.5. The monoisotopic (exact) mass is 477 g/mol. The maximum atomic E-state index is 13.1. The van der Waals surface area contributed by atoms with Gasteiger partial charge in [0.1, 0.15) is 11.7 Å². The van der Waals surface area contributed by atoms with Crippen molar-refractivity contribution in [3.8, 4) is 0 Å². The Balaban J connectivity index is 1.45. The third-order valence-corrected chi connectivity index (χ3v) is 6.77. The Morgan fingerprint density at radius 2 is 1.62 bits per heavy atom. The molecule has 3 amide bonds. The SMILES string of the molecule is COC(=O)c1cccn1C1CCN(C(=O)C(C)N2C(=O)c3cc(Cl)c(Cl)cc3C2=O)CC1. The average molecular weight is 478 g/mol. The summed E-state index contributed by atoms with van der Waals surface area (Å²) < 4.78 is 6.69. The molecule has 32 heavy (non-hydrogen) atoms. The van der Waals surface area contributed by atoms with Crippen molar-refractivity contribution < 1.29 is 23.9 Å². The van der Waals surface area contributed by atoms with Crippen LogP contribution in [-0.4, -0.2) is 64.3 Å². The molecule has 2 aromatic rings. The molecular weight excluding hydrogens is 457 g/mol. The maximum Gasteiger partial charge on any atom is 0.354 e. The molecule has 1 aromatic heterocycles. The van der Waals surface area contributed by atoms with Crippen LogP contribution in [0.5, 0.6) is 0 Å². The van der Waals surface area contributed by atoms with E-state index in [1.807, 2.05) is 10.8 Å². The van der Waals surface area contributed by atoms with Gasteiger partial charge in [-0.3, -0.25) is 19.3 Å². The molecule has 1 fully saturated rings. The summed E-state index contributed by atoms with van der Waals surface area (Å²) >= 11 is 12.0. The summed E-state index contributed by atoms with van der Waals surface area (Å²) in [5.74, 6) is -1.84. The van der Waals surface area contributed by atoms with Gasteiger partial charge in [0.2, 0.25) is 5.91 Å². The van der Waals surface area contributed by atoms with E-state index in [2.05, 4.69) is 0 Å². The highest BCUT2D eigenvalue weighted by atomic mass is 35.5. The lowest BCUT2D eigenvalue weighted by Gasteiger charge is -2.36. The van der Waals surface area contributed by atoms with Crippen molar-refractivity contribution in [2.24, 2.45) is 0 Å². The summed E-state index contributed by atoms with van der Waals surface area (Å²) in [5.41, 5.74) is 0.755. The van der Waals surface area contributed by atoms with E-state index in [1.54, 1.807) is 24.0 Å². The first-order valence-electron chi connectivity index (χ1n) is 10.2. The van der Waals surface area contributed by atoms with Crippen LogP contribution in [0.4, 0.5) is 0 Å². The van der Waals surface area contributed by atoms with E-state index in [1.165, 1.54) is 19.2 Å². The van der Waals surface area contributed by atoms with Gasteiger partial charge in [0, 0.05) is 25.3 Å². The lowest BCUT2D eigenvalue weighted by atomic mass is 10.0. The van der Waals surface area contributed by atoms with Crippen LogP contribution >= 0.6 is 23.2 Å². The fraction of sp³-hybridized carbons (Fsp3) is 0.364. The first kappa shape index (κ1) is 22.4. The van der Waals surface area contributed by atoms with Crippen LogP contribution in [-0.2, 0) is 9.53 Å². The standard InChI is InChI=1S/C22H21Cl2N3O5/c1-12(27-20(29)14-10-16(23)17(24)11-15(14)21(27)30)19(28)25-8-5-13(6-9-25)26-7-3-4-18(26)22(31)32-2/h3-4,7,10-13H,5-6,8-9H2,1-2H3. The first-order valence-corrected chi connectivity index (χ1v) is 10.9. The van der Waals surface area contributed by atoms with Gasteiger partial charge < -0.3 is 14.2 Å². The Morgan fingerprint density at radius 3 is 2.16 bits per heavy atom. The van der Waals surface area contributed by atoms with Crippen LogP contribution < -0.4 is 0 Å². The van der Waals surface area contributed by atoms with E-state index in [-0.39, 0.29) is 33.1 Å². The van der Waals surface area contributed by atoms with E-state index in [4.69, 9.17) is 27.9 Å². The van der Waals surface area contributed by atoms with Crippen molar-refractivity contribution >= 4 is 46.9 Å². The zero-order chi connectivity index (χ0) is 23.2. The lowest BCUT2D eigenvalue weighted by molar-refractivity contribution is -0.136. The number of hydrogen-bond donors (Lipinski definition) is 0. The fourth-order valence-corrected chi connectivity index (χ4v) is 4.66. The third-order valence-electron chi connectivity index (χ3n) is 6.05. The predicted octanol–water partition coefficient (Wildman–Crippen LogP) is 3.43. The van der Waals surface area contributed by atoms with E-state index in [9.17, 15) is 19.2 Å². The van der Waals surface area contributed by atoms with Crippen molar-refractivity contribution in [1.29, 1.82) is 0 Å². The smallest absolute Gasteiger partial charge is 0.354 e.